The summed E-state index contributed by atoms with van der Waals surface area (Å²) in [6.45, 7) is 4.56. The standard InChI is InChI=1S/C17H20FN3O4/c1-5-25-17(24)15-14(20-16(23)9(2)19-10(3)22)13-11(18)7-6-8-12(13)21(15)4/h6-9H,5H2,1-4H3,(H,19,22)(H,20,23). The van der Waals surface area contributed by atoms with E-state index < -0.39 is 23.7 Å². The van der Waals surface area contributed by atoms with Crippen LogP contribution >= 0.6 is 0 Å². The number of rotatable bonds is 5. The van der Waals surface area contributed by atoms with Gasteiger partial charge in [-0.25, -0.2) is 9.18 Å². The molecule has 1 atom stereocenters. The van der Waals surface area contributed by atoms with Crippen LogP contribution in [0.4, 0.5) is 10.1 Å². The molecule has 1 aromatic carbocycles. The highest BCUT2D eigenvalue weighted by atomic mass is 19.1. The fourth-order valence-electron chi connectivity index (χ4n) is 2.61. The van der Waals surface area contributed by atoms with Crippen molar-refractivity contribution in [2.75, 3.05) is 11.9 Å². The molecule has 25 heavy (non-hydrogen) atoms. The highest BCUT2D eigenvalue weighted by molar-refractivity contribution is 6.12. The van der Waals surface area contributed by atoms with Crippen LogP contribution in [0.1, 0.15) is 31.3 Å². The SMILES string of the molecule is CCOC(=O)c1c(NC(=O)C(C)NC(C)=O)c2c(F)cccc2n1C. The van der Waals surface area contributed by atoms with Crippen molar-refractivity contribution < 1.29 is 23.5 Å². The normalized spacial score (nSPS) is 11.9. The van der Waals surface area contributed by atoms with Gasteiger partial charge in [0.1, 0.15) is 11.9 Å². The number of ether oxygens (including phenoxy) is 1. The molecule has 0 saturated heterocycles. The number of anilines is 1. The molecule has 2 N–H and O–H groups in total. The number of hydrogen-bond acceptors (Lipinski definition) is 4. The number of esters is 1. The molecule has 1 heterocycles. The smallest absolute Gasteiger partial charge is 0.357 e. The molecule has 134 valence electrons. The average Bonchev–Trinajstić information content (AvgIpc) is 2.80. The van der Waals surface area contributed by atoms with E-state index in [1.165, 1.54) is 30.5 Å². The van der Waals surface area contributed by atoms with Gasteiger partial charge in [0.25, 0.3) is 0 Å². The van der Waals surface area contributed by atoms with Crippen molar-refractivity contribution >= 4 is 34.4 Å². The molecule has 0 bridgehead atoms. The first kappa shape index (κ1) is 18.4. The van der Waals surface area contributed by atoms with Crippen LogP contribution in [0.3, 0.4) is 0 Å². The molecule has 1 aromatic heterocycles. The Labute approximate surface area is 144 Å². The number of nitrogens with one attached hydrogen (secondary N) is 2. The van der Waals surface area contributed by atoms with E-state index in [1.807, 2.05) is 0 Å². The van der Waals surface area contributed by atoms with Gasteiger partial charge in [0, 0.05) is 14.0 Å². The van der Waals surface area contributed by atoms with E-state index in [0.717, 1.165) is 0 Å². The van der Waals surface area contributed by atoms with Gasteiger partial charge in [-0.15, -0.1) is 0 Å². The lowest BCUT2D eigenvalue weighted by Gasteiger charge is -2.14. The first-order chi connectivity index (χ1) is 11.8. The van der Waals surface area contributed by atoms with Gasteiger partial charge in [-0.1, -0.05) is 6.07 Å². The molecular weight excluding hydrogens is 329 g/mol. The van der Waals surface area contributed by atoms with Crippen molar-refractivity contribution in [2.45, 2.75) is 26.8 Å². The quantitative estimate of drug-likeness (QED) is 0.808. The van der Waals surface area contributed by atoms with E-state index in [0.29, 0.717) is 5.52 Å². The van der Waals surface area contributed by atoms with Gasteiger partial charge < -0.3 is 19.9 Å². The number of halogens is 1. The second kappa shape index (κ2) is 7.33. The number of carbonyl (C=O) groups excluding carboxylic acids is 3. The highest BCUT2D eigenvalue weighted by Crippen LogP contribution is 2.33. The Hall–Kier alpha value is -2.90. The van der Waals surface area contributed by atoms with Crippen LogP contribution in [0, 0.1) is 5.82 Å². The summed E-state index contributed by atoms with van der Waals surface area (Å²) >= 11 is 0. The summed E-state index contributed by atoms with van der Waals surface area (Å²) in [5.74, 6) is -2.21. The van der Waals surface area contributed by atoms with E-state index in [9.17, 15) is 18.8 Å². The van der Waals surface area contributed by atoms with Gasteiger partial charge >= 0.3 is 5.97 Å². The van der Waals surface area contributed by atoms with Gasteiger partial charge in [0.2, 0.25) is 11.8 Å². The minimum atomic E-state index is -0.852. The summed E-state index contributed by atoms with van der Waals surface area (Å²) < 4.78 is 20.9. The molecule has 8 heteroatoms. The van der Waals surface area contributed by atoms with Crippen LogP contribution in [-0.4, -0.2) is 35.0 Å². The minimum absolute atomic E-state index is 0.0243. The molecule has 1 unspecified atom stereocenters. The Balaban J connectivity index is 2.56. The number of hydrogen-bond donors (Lipinski definition) is 2. The number of carbonyl (C=O) groups is 3. The molecule has 0 aliphatic heterocycles. The second-order valence-electron chi connectivity index (χ2n) is 5.55. The third kappa shape index (κ3) is 3.62. The molecule has 2 amide bonds. The van der Waals surface area contributed by atoms with Crippen molar-refractivity contribution in [3.63, 3.8) is 0 Å². The Kier molecular flexibility index (Phi) is 5.41. The molecule has 7 nitrogen and oxygen atoms in total. The van der Waals surface area contributed by atoms with Crippen molar-refractivity contribution in [1.29, 1.82) is 0 Å². The predicted octanol–water partition coefficient (Wildman–Crippen LogP) is 1.96. The lowest BCUT2D eigenvalue weighted by molar-refractivity contribution is -0.124. The number of aryl methyl sites for hydroxylation is 1. The van der Waals surface area contributed by atoms with Gasteiger partial charge in [0.15, 0.2) is 5.69 Å². The van der Waals surface area contributed by atoms with E-state index in [4.69, 9.17) is 4.74 Å². The first-order valence-corrected chi connectivity index (χ1v) is 7.79. The Bertz CT molecular complexity index is 844. The van der Waals surface area contributed by atoms with Crippen LogP contribution in [0.5, 0.6) is 0 Å². The van der Waals surface area contributed by atoms with Gasteiger partial charge in [0.05, 0.1) is 23.2 Å². The fourth-order valence-corrected chi connectivity index (χ4v) is 2.61. The summed E-state index contributed by atoms with van der Waals surface area (Å²) in [6, 6.07) is 3.53. The number of fused-ring (bicyclic) bond motifs is 1. The lowest BCUT2D eigenvalue weighted by Crippen LogP contribution is -2.40. The number of amides is 2. The monoisotopic (exact) mass is 349 g/mol. The van der Waals surface area contributed by atoms with E-state index in [-0.39, 0.29) is 29.3 Å². The summed E-state index contributed by atoms with van der Waals surface area (Å²) in [5.41, 5.74) is 0.493. The number of benzene rings is 1. The maximum atomic E-state index is 14.4. The van der Waals surface area contributed by atoms with Gasteiger partial charge in [-0.05, 0) is 26.0 Å². The van der Waals surface area contributed by atoms with Crippen molar-refractivity contribution in [1.82, 2.24) is 9.88 Å². The Morgan fingerprint density at radius 2 is 2.00 bits per heavy atom. The van der Waals surface area contributed by atoms with Crippen LogP contribution in [0.25, 0.3) is 10.9 Å². The van der Waals surface area contributed by atoms with E-state index in [1.54, 1.807) is 20.0 Å². The Morgan fingerprint density at radius 3 is 2.60 bits per heavy atom. The zero-order valence-electron chi connectivity index (χ0n) is 14.5. The molecule has 2 rings (SSSR count). The molecule has 0 spiro atoms. The summed E-state index contributed by atoms with van der Waals surface area (Å²) in [6.07, 6.45) is 0. The van der Waals surface area contributed by atoms with Crippen LogP contribution in [0.15, 0.2) is 18.2 Å². The largest absolute Gasteiger partial charge is 0.461 e. The predicted molar refractivity (Wildman–Crippen MR) is 90.7 cm³/mol. The summed E-state index contributed by atoms with van der Waals surface area (Å²) in [4.78, 5) is 35.8. The van der Waals surface area contributed by atoms with Crippen molar-refractivity contribution in [3.8, 4) is 0 Å². The molecule has 0 radical (unpaired) electrons. The van der Waals surface area contributed by atoms with E-state index in [2.05, 4.69) is 10.6 Å². The zero-order valence-corrected chi connectivity index (χ0v) is 14.5. The van der Waals surface area contributed by atoms with Crippen molar-refractivity contribution in [3.05, 3.63) is 29.7 Å². The number of aromatic nitrogens is 1. The molecular formula is C17H20FN3O4. The minimum Gasteiger partial charge on any atom is -0.461 e. The average molecular weight is 349 g/mol. The fraction of sp³-hybridized carbons (Fsp3) is 0.353. The molecule has 0 aliphatic carbocycles. The Morgan fingerprint density at radius 1 is 1.32 bits per heavy atom. The maximum absolute atomic E-state index is 14.4. The van der Waals surface area contributed by atoms with Crippen LogP contribution in [-0.2, 0) is 21.4 Å². The third-order valence-electron chi connectivity index (χ3n) is 3.71. The maximum Gasteiger partial charge on any atom is 0.357 e. The molecule has 0 fully saturated rings. The topological polar surface area (TPSA) is 89.4 Å². The van der Waals surface area contributed by atoms with Gasteiger partial charge in [-0.2, -0.15) is 0 Å². The zero-order chi connectivity index (χ0) is 18.7. The van der Waals surface area contributed by atoms with E-state index >= 15 is 0 Å². The first-order valence-electron chi connectivity index (χ1n) is 7.79. The second-order valence-corrected chi connectivity index (χ2v) is 5.55. The molecule has 0 saturated carbocycles. The van der Waals surface area contributed by atoms with Crippen LogP contribution < -0.4 is 10.6 Å². The summed E-state index contributed by atoms with van der Waals surface area (Å²) in [7, 11) is 1.58. The lowest BCUT2D eigenvalue weighted by atomic mass is 10.2. The molecule has 2 aromatic rings. The summed E-state index contributed by atoms with van der Waals surface area (Å²) in [5, 5.41) is 5.09. The third-order valence-corrected chi connectivity index (χ3v) is 3.71. The number of nitrogens with zero attached hydrogens (tertiary/aromatic N) is 1. The van der Waals surface area contributed by atoms with Crippen LogP contribution in [0.2, 0.25) is 0 Å². The van der Waals surface area contributed by atoms with Gasteiger partial charge in [-0.3, -0.25) is 9.59 Å². The molecule has 0 aliphatic rings. The highest BCUT2D eigenvalue weighted by Gasteiger charge is 2.27. The van der Waals surface area contributed by atoms with Crippen molar-refractivity contribution in [2.24, 2.45) is 7.05 Å².